The van der Waals surface area contributed by atoms with E-state index in [4.69, 9.17) is 15.2 Å². The zero-order chi connectivity index (χ0) is 19.2. The highest BCUT2D eigenvalue weighted by molar-refractivity contribution is 9.10. The van der Waals surface area contributed by atoms with Crippen LogP contribution in [0.25, 0.3) is 0 Å². The van der Waals surface area contributed by atoms with E-state index in [0.717, 1.165) is 10.8 Å². The maximum Gasteiger partial charge on any atom is 0.232 e. The third-order valence-electron chi connectivity index (χ3n) is 3.51. The summed E-state index contributed by atoms with van der Waals surface area (Å²) in [7, 11) is 1.57. The molecule has 0 saturated heterocycles. The number of para-hydroxylation sites is 2. The second-order valence-electron chi connectivity index (χ2n) is 5.35. The molecule has 0 fully saturated rings. The van der Waals surface area contributed by atoms with E-state index in [9.17, 15) is 4.79 Å². The normalized spacial score (nSPS) is 10.3. The maximum absolute atomic E-state index is 11.2. The van der Waals surface area contributed by atoms with Crippen molar-refractivity contribution < 1.29 is 14.3 Å². The van der Waals surface area contributed by atoms with Crippen LogP contribution in [-0.4, -0.2) is 28.3 Å². The number of hydrogen-bond donors (Lipinski definition) is 2. The zero-order valence-electron chi connectivity index (χ0n) is 14.3. The fourth-order valence-corrected chi connectivity index (χ4v) is 2.69. The summed E-state index contributed by atoms with van der Waals surface area (Å²) in [5.41, 5.74) is 6.88. The van der Waals surface area contributed by atoms with Crippen molar-refractivity contribution in [1.29, 1.82) is 0 Å². The predicted molar refractivity (Wildman–Crippen MR) is 104 cm³/mol. The Morgan fingerprint density at radius 2 is 1.96 bits per heavy atom. The van der Waals surface area contributed by atoms with Crippen LogP contribution in [0.2, 0.25) is 0 Å². The number of ether oxygens (including phenoxy) is 2. The number of carbonyl (C=O) groups excluding carboxylic acids is 1. The molecule has 9 heteroatoms. The van der Waals surface area contributed by atoms with Crippen molar-refractivity contribution >= 4 is 39.8 Å². The third-order valence-corrected chi connectivity index (χ3v) is 4.00. The fraction of sp³-hybridized carbons (Fsp3) is 0.111. The summed E-state index contributed by atoms with van der Waals surface area (Å²) < 4.78 is 11.7. The first kappa shape index (κ1) is 18.6. The van der Waals surface area contributed by atoms with Crippen LogP contribution < -0.4 is 20.5 Å². The smallest absolute Gasteiger partial charge is 0.232 e. The Morgan fingerprint density at radius 1 is 1.15 bits per heavy atom. The van der Waals surface area contributed by atoms with E-state index in [0.29, 0.717) is 28.6 Å². The number of carbonyl (C=O) groups is 1. The van der Waals surface area contributed by atoms with Crippen LogP contribution in [0.5, 0.6) is 11.5 Å². The molecule has 0 saturated carbocycles. The fourth-order valence-electron chi connectivity index (χ4n) is 2.31. The number of aromatic nitrogens is 3. The molecule has 0 spiro atoms. The molecule has 27 heavy (non-hydrogen) atoms. The summed E-state index contributed by atoms with van der Waals surface area (Å²) in [5.74, 6) is 1.69. The number of rotatable bonds is 7. The van der Waals surface area contributed by atoms with E-state index in [1.165, 1.54) is 0 Å². The van der Waals surface area contributed by atoms with Crippen molar-refractivity contribution in [2.45, 2.75) is 6.61 Å². The van der Waals surface area contributed by atoms with E-state index in [1.807, 2.05) is 24.3 Å². The number of hydrogen-bond acceptors (Lipinski definition) is 8. The second-order valence-corrected chi connectivity index (χ2v) is 6.26. The molecule has 1 heterocycles. The standard InChI is InChI=1S/C18H16BrN5O3/c1-26-15-5-3-2-4-13(15)21-18-23-16(22-17(20)24-18)10-27-14-7-6-12(19)8-11(14)9-25/h2-9H,10H2,1H3,(H3,20,21,22,23,24). The van der Waals surface area contributed by atoms with Crippen LogP contribution in [0, 0.1) is 0 Å². The highest BCUT2D eigenvalue weighted by Crippen LogP contribution is 2.26. The van der Waals surface area contributed by atoms with Gasteiger partial charge in [0.1, 0.15) is 18.1 Å². The molecular formula is C18H16BrN5O3. The van der Waals surface area contributed by atoms with Crippen LogP contribution >= 0.6 is 15.9 Å². The van der Waals surface area contributed by atoms with Crippen molar-refractivity contribution in [3.05, 3.63) is 58.3 Å². The first-order valence-electron chi connectivity index (χ1n) is 7.87. The topological polar surface area (TPSA) is 112 Å². The first-order valence-corrected chi connectivity index (χ1v) is 8.66. The number of aldehydes is 1. The van der Waals surface area contributed by atoms with E-state index in [1.54, 1.807) is 25.3 Å². The summed E-state index contributed by atoms with van der Waals surface area (Å²) >= 11 is 3.31. The van der Waals surface area contributed by atoms with Crippen LogP contribution in [-0.2, 0) is 6.61 Å². The summed E-state index contributed by atoms with van der Waals surface area (Å²) in [5, 5.41) is 3.05. The van der Waals surface area contributed by atoms with Crippen molar-refractivity contribution in [2.75, 3.05) is 18.2 Å². The van der Waals surface area contributed by atoms with Gasteiger partial charge in [0.25, 0.3) is 0 Å². The van der Waals surface area contributed by atoms with Gasteiger partial charge in [-0.3, -0.25) is 4.79 Å². The molecule has 138 valence electrons. The van der Waals surface area contributed by atoms with Crippen molar-refractivity contribution in [1.82, 2.24) is 15.0 Å². The van der Waals surface area contributed by atoms with Gasteiger partial charge in [-0.2, -0.15) is 15.0 Å². The molecule has 0 radical (unpaired) electrons. The van der Waals surface area contributed by atoms with Gasteiger partial charge in [0.05, 0.1) is 18.4 Å². The number of halogens is 1. The van der Waals surface area contributed by atoms with E-state index in [2.05, 4.69) is 36.2 Å². The van der Waals surface area contributed by atoms with Crippen molar-refractivity contribution in [3.8, 4) is 11.5 Å². The molecule has 0 aliphatic carbocycles. The van der Waals surface area contributed by atoms with Crippen LogP contribution in [0.3, 0.4) is 0 Å². The molecule has 3 rings (SSSR count). The summed E-state index contributed by atoms with van der Waals surface area (Å²) in [6.07, 6.45) is 0.719. The third kappa shape index (κ3) is 4.70. The quantitative estimate of drug-likeness (QED) is 0.549. The lowest BCUT2D eigenvalue weighted by Gasteiger charge is -2.11. The highest BCUT2D eigenvalue weighted by atomic mass is 79.9. The molecule has 3 N–H and O–H groups in total. The van der Waals surface area contributed by atoms with Crippen molar-refractivity contribution in [3.63, 3.8) is 0 Å². The van der Waals surface area contributed by atoms with Gasteiger partial charge in [0.15, 0.2) is 12.1 Å². The number of nitrogens with one attached hydrogen (secondary N) is 1. The van der Waals surface area contributed by atoms with Gasteiger partial charge in [-0.1, -0.05) is 28.1 Å². The van der Waals surface area contributed by atoms with Crippen LogP contribution in [0.1, 0.15) is 16.2 Å². The Bertz CT molecular complexity index is 967. The van der Waals surface area contributed by atoms with Gasteiger partial charge in [0.2, 0.25) is 11.9 Å². The predicted octanol–water partition coefficient (Wildman–Crippen LogP) is 3.36. The SMILES string of the molecule is COc1ccccc1Nc1nc(N)nc(COc2ccc(Br)cc2C=O)n1. The molecule has 0 aliphatic rings. The van der Waals surface area contributed by atoms with Gasteiger partial charge in [-0.05, 0) is 30.3 Å². The maximum atomic E-state index is 11.2. The molecule has 8 nitrogen and oxygen atoms in total. The van der Waals surface area contributed by atoms with Gasteiger partial charge in [-0.15, -0.1) is 0 Å². The molecule has 3 aromatic rings. The van der Waals surface area contributed by atoms with Gasteiger partial charge in [0, 0.05) is 4.47 Å². The summed E-state index contributed by atoms with van der Waals surface area (Å²) in [6, 6.07) is 12.5. The molecule has 0 amide bonds. The summed E-state index contributed by atoms with van der Waals surface area (Å²) in [4.78, 5) is 23.6. The molecule has 1 aromatic heterocycles. The monoisotopic (exact) mass is 429 g/mol. The van der Waals surface area contributed by atoms with Gasteiger partial charge >= 0.3 is 0 Å². The average molecular weight is 430 g/mol. The van der Waals surface area contributed by atoms with E-state index < -0.39 is 0 Å². The second kappa shape index (κ2) is 8.45. The number of nitrogens with two attached hydrogens (primary N) is 1. The Labute approximate surface area is 163 Å². The Balaban J connectivity index is 1.78. The Kier molecular flexibility index (Phi) is 5.82. The number of methoxy groups -OCH3 is 1. The van der Waals surface area contributed by atoms with Crippen LogP contribution in [0.15, 0.2) is 46.9 Å². The Hall–Kier alpha value is -3.20. The lowest BCUT2D eigenvalue weighted by atomic mass is 10.2. The number of nitrogens with zero attached hydrogens (tertiary/aromatic N) is 3. The number of nitrogen functional groups attached to an aromatic ring is 1. The Morgan fingerprint density at radius 3 is 2.74 bits per heavy atom. The molecule has 0 bridgehead atoms. The van der Waals surface area contributed by atoms with Crippen LogP contribution in [0.4, 0.5) is 17.6 Å². The zero-order valence-corrected chi connectivity index (χ0v) is 15.9. The van der Waals surface area contributed by atoms with E-state index in [-0.39, 0.29) is 18.5 Å². The molecular weight excluding hydrogens is 414 g/mol. The minimum atomic E-state index is 0.0236. The average Bonchev–Trinajstić information content (AvgIpc) is 2.67. The minimum absolute atomic E-state index is 0.0236. The number of benzene rings is 2. The van der Waals surface area contributed by atoms with Crippen molar-refractivity contribution in [2.24, 2.45) is 0 Å². The first-order chi connectivity index (χ1) is 13.1. The summed E-state index contributed by atoms with van der Waals surface area (Å²) in [6.45, 7) is 0.0236. The molecule has 0 atom stereocenters. The lowest BCUT2D eigenvalue weighted by molar-refractivity contribution is 0.111. The lowest BCUT2D eigenvalue weighted by Crippen LogP contribution is -2.10. The molecule has 0 unspecified atom stereocenters. The van der Waals surface area contributed by atoms with E-state index >= 15 is 0 Å². The number of anilines is 3. The largest absolute Gasteiger partial charge is 0.495 e. The molecule has 2 aromatic carbocycles. The van der Waals surface area contributed by atoms with Gasteiger partial charge in [-0.25, -0.2) is 0 Å². The highest BCUT2D eigenvalue weighted by Gasteiger charge is 2.10. The molecule has 0 aliphatic heterocycles. The van der Waals surface area contributed by atoms with Gasteiger partial charge < -0.3 is 20.5 Å². The minimum Gasteiger partial charge on any atom is -0.495 e.